The number of fused-ring (bicyclic) bond motifs is 2. The van der Waals surface area contributed by atoms with E-state index in [1.54, 1.807) is 6.20 Å². The van der Waals surface area contributed by atoms with E-state index in [1.165, 1.54) is 0 Å². The summed E-state index contributed by atoms with van der Waals surface area (Å²) in [5, 5.41) is 7.41. The maximum atomic E-state index is 7.41. The van der Waals surface area contributed by atoms with Gasteiger partial charge in [-0.2, -0.15) is 0 Å². The van der Waals surface area contributed by atoms with Crippen LogP contribution in [0, 0.1) is 5.41 Å². The van der Waals surface area contributed by atoms with E-state index in [9.17, 15) is 0 Å². The molecule has 0 spiro atoms. The van der Waals surface area contributed by atoms with Crippen LogP contribution >= 0.6 is 15.9 Å². The predicted molar refractivity (Wildman–Crippen MR) is 104 cm³/mol. The van der Waals surface area contributed by atoms with Crippen molar-refractivity contribution in [2.75, 3.05) is 6.61 Å². The van der Waals surface area contributed by atoms with Crippen LogP contribution in [0.25, 0.3) is 11.1 Å². The van der Waals surface area contributed by atoms with Crippen LogP contribution in [0.15, 0.2) is 65.4 Å². The standard InChI is InChI=1S/C20H16BrN3O2/c21-14-4-6-19-16(9-14)17(11-25-20(22)23)15-8-12(3-5-18(15)26-19)13-2-1-7-24-10-13/h1-10,17H,11H2,(H3,22,23)/t17-/m1/s1. The monoisotopic (exact) mass is 409 g/mol. The SMILES string of the molecule is N=C(N)OC[C@H]1c2cc(Br)ccc2Oc2ccc(-c3cccnc3)cc21. The van der Waals surface area contributed by atoms with Gasteiger partial charge in [-0.1, -0.05) is 28.1 Å². The number of halogens is 1. The van der Waals surface area contributed by atoms with Crippen molar-refractivity contribution in [1.82, 2.24) is 4.98 Å². The molecule has 130 valence electrons. The molecule has 26 heavy (non-hydrogen) atoms. The summed E-state index contributed by atoms with van der Waals surface area (Å²) in [4.78, 5) is 4.19. The van der Waals surface area contributed by atoms with Gasteiger partial charge in [0.2, 0.25) is 0 Å². The summed E-state index contributed by atoms with van der Waals surface area (Å²) in [6, 6.07) is 15.6. The lowest BCUT2D eigenvalue weighted by atomic mass is 9.87. The molecule has 3 N–H and O–H groups in total. The Kier molecular flexibility index (Phi) is 4.34. The van der Waals surface area contributed by atoms with Gasteiger partial charge in [0.05, 0.1) is 5.92 Å². The Morgan fingerprint density at radius 1 is 1.12 bits per heavy atom. The Bertz CT molecular complexity index is 976. The number of nitrogens with zero attached hydrogens (tertiary/aromatic N) is 1. The van der Waals surface area contributed by atoms with Crippen molar-refractivity contribution < 1.29 is 9.47 Å². The van der Waals surface area contributed by atoms with Gasteiger partial charge in [0, 0.05) is 33.6 Å². The molecule has 1 atom stereocenters. The second kappa shape index (κ2) is 6.80. The fraction of sp³-hybridized carbons (Fsp3) is 0.100. The number of amidine groups is 1. The van der Waals surface area contributed by atoms with Crippen molar-refractivity contribution in [2.45, 2.75) is 5.92 Å². The maximum absolute atomic E-state index is 7.41. The van der Waals surface area contributed by atoms with Crippen LogP contribution in [0.3, 0.4) is 0 Å². The first kappa shape index (κ1) is 16.6. The molecule has 0 saturated carbocycles. The average Bonchev–Trinajstić information content (AvgIpc) is 2.65. The van der Waals surface area contributed by atoms with Crippen LogP contribution in [0.1, 0.15) is 17.0 Å². The number of hydrogen-bond acceptors (Lipinski definition) is 4. The van der Waals surface area contributed by atoms with Crippen molar-refractivity contribution in [1.29, 1.82) is 5.41 Å². The number of nitrogens with two attached hydrogens (primary N) is 1. The van der Waals surface area contributed by atoms with Gasteiger partial charge in [0.15, 0.2) is 0 Å². The molecule has 0 bridgehead atoms. The molecule has 1 aliphatic heterocycles. The molecular weight excluding hydrogens is 394 g/mol. The Balaban J connectivity index is 1.81. The van der Waals surface area contributed by atoms with Crippen LogP contribution in [0.4, 0.5) is 0 Å². The molecular formula is C20H16BrN3O2. The van der Waals surface area contributed by atoms with Gasteiger partial charge < -0.3 is 15.2 Å². The molecule has 5 nitrogen and oxygen atoms in total. The van der Waals surface area contributed by atoms with Gasteiger partial charge in [0.1, 0.15) is 18.1 Å². The van der Waals surface area contributed by atoms with E-state index in [1.807, 2.05) is 48.7 Å². The second-order valence-corrected chi connectivity index (χ2v) is 6.92. The van der Waals surface area contributed by atoms with Crippen LogP contribution in [-0.4, -0.2) is 17.6 Å². The zero-order valence-electron chi connectivity index (χ0n) is 13.8. The highest BCUT2D eigenvalue weighted by atomic mass is 79.9. The highest BCUT2D eigenvalue weighted by molar-refractivity contribution is 9.10. The average molecular weight is 410 g/mol. The van der Waals surface area contributed by atoms with Crippen molar-refractivity contribution >= 4 is 22.0 Å². The molecule has 0 aliphatic carbocycles. The van der Waals surface area contributed by atoms with Crippen molar-refractivity contribution in [3.63, 3.8) is 0 Å². The van der Waals surface area contributed by atoms with Gasteiger partial charge in [-0.15, -0.1) is 0 Å². The summed E-state index contributed by atoms with van der Waals surface area (Å²) >= 11 is 3.52. The van der Waals surface area contributed by atoms with E-state index in [0.29, 0.717) is 0 Å². The van der Waals surface area contributed by atoms with Crippen LogP contribution in [-0.2, 0) is 4.74 Å². The number of hydrogen-bond donors (Lipinski definition) is 2. The minimum atomic E-state index is -0.294. The highest BCUT2D eigenvalue weighted by Gasteiger charge is 2.29. The zero-order valence-corrected chi connectivity index (χ0v) is 15.4. The van der Waals surface area contributed by atoms with Gasteiger partial charge in [-0.25, -0.2) is 0 Å². The highest BCUT2D eigenvalue weighted by Crippen LogP contribution is 2.46. The zero-order chi connectivity index (χ0) is 18.1. The quantitative estimate of drug-likeness (QED) is 0.486. The van der Waals surface area contributed by atoms with Gasteiger partial charge in [0.25, 0.3) is 6.02 Å². The van der Waals surface area contributed by atoms with E-state index in [-0.39, 0.29) is 18.5 Å². The fourth-order valence-corrected chi connectivity index (χ4v) is 3.53. The number of nitrogens with one attached hydrogen (secondary N) is 1. The van der Waals surface area contributed by atoms with E-state index in [0.717, 1.165) is 38.2 Å². The molecule has 6 heteroatoms. The molecule has 1 aromatic heterocycles. The smallest absolute Gasteiger partial charge is 0.279 e. The van der Waals surface area contributed by atoms with Crippen LogP contribution < -0.4 is 10.5 Å². The predicted octanol–water partition coefficient (Wildman–Crippen LogP) is 4.66. The van der Waals surface area contributed by atoms with Gasteiger partial charge in [-0.3, -0.25) is 10.4 Å². The fourth-order valence-electron chi connectivity index (χ4n) is 3.15. The van der Waals surface area contributed by atoms with E-state index in [4.69, 9.17) is 20.6 Å². The normalized spacial score (nSPS) is 14.7. The minimum absolute atomic E-state index is 0.0910. The van der Waals surface area contributed by atoms with Crippen LogP contribution in [0.5, 0.6) is 11.5 Å². The van der Waals surface area contributed by atoms with Crippen molar-refractivity contribution in [3.8, 4) is 22.6 Å². The molecule has 1 aliphatic rings. The van der Waals surface area contributed by atoms with E-state index >= 15 is 0 Å². The number of rotatable bonds is 3. The Morgan fingerprint density at radius 2 is 1.88 bits per heavy atom. The first-order chi connectivity index (χ1) is 12.6. The summed E-state index contributed by atoms with van der Waals surface area (Å²) in [5.41, 5.74) is 9.48. The molecule has 2 heterocycles. The number of aromatic nitrogens is 1. The summed E-state index contributed by atoms with van der Waals surface area (Å²) in [6.45, 7) is 0.269. The molecule has 4 rings (SSSR count). The molecule has 0 saturated heterocycles. The first-order valence-corrected chi connectivity index (χ1v) is 8.89. The van der Waals surface area contributed by atoms with E-state index < -0.39 is 0 Å². The van der Waals surface area contributed by atoms with Crippen LogP contribution in [0.2, 0.25) is 0 Å². The maximum Gasteiger partial charge on any atom is 0.279 e. The third-order valence-corrected chi connectivity index (χ3v) is 4.85. The lowest BCUT2D eigenvalue weighted by molar-refractivity contribution is 0.274. The summed E-state index contributed by atoms with van der Waals surface area (Å²) < 4.78 is 12.4. The minimum Gasteiger partial charge on any atom is -0.465 e. The Labute approximate surface area is 159 Å². The molecule has 0 unspecified atom stereocenters. The third kappa shape index (κ3) is 3.15. The molecule has 2 aromatic carbocycles. The first-order valence-electron chi connectivity index (χ1n) is 8.10. The largest absolute Gasteiger partial charge is 0.465 e. The lowest BCUT2D eigenvalue weighted by Gasteiger charge is -2.28. The molecule has 0 amide bonds. The summed E-state index contributed by atoms with van der Waals surface area (Å²) in [7, 11) is 0. The Morgan fingerprint density at radius 3 is 2.62 bits per heavy atom. The lowest BCUT2D eigenvalue weighted by Crippen LogP contribution is -2.21. The second-order valence-electron chi connectivity index (χ2n) is 6.01. The number of pyridine rings is 1. The van der Waals surface area contributed by atoms with Gasteiger partial charge >= 0.3 is 0 Å². The summed E-state index contributed by atoms with van der Waals surface area (Å²) in [5.74, 6) is 1.48. The molecule has 0 radical (unpaired) electrons. The van der Waals surface area contributed by atoms with Crippen molar-refractivity contribution in [2.24, 2.45) is 5.73 Å². The Hall–Kier alpha value is -2.86. The van der Waals surface area contributed by atoms with E-state index in [2.05, 4.69) is 27.0 Å². The van der Waals surface area contributed by atoms with Gasteiger partial charge in [-0.05, 0) is 42.0 Å². The van der Waals surface area contributed by atoms with Crippen molar-refractivity contribution in [3.05, 3.63) is 76.5 Å². The molecule has 0 fully saturated rings. The third-order valence-electron chi connectivity index (χ3n) is 4.35. The molecule has 3 aromatic rings. The topological polar surface area (TPSA) is 81.2 Å². The number of ether oxygens (including phenoxy) is 2. The number of benzene rings is 2. The summed E-state index contributed by atoms with van der Waals surface area (Å²) in [6.07, 6.45) is 3.58.